The van der Waals surface area contributed by atoms with Gasteiger partial charge in [0, 0.05) is 17.0 Å². The lowest BCUT2D eigenvalue weighted by molar-refractivity contribution is 0.885. The summed E-state index contributed by atoms with van der Waals surface area (Å²) in [5.74, 6) is 0. The molecule has 0 amide bonds. The van der Waals surface area contributed by atoms with Crippen molar-refractivity contribution in [1.82, 2.24) is 9.78 Å². The van der Waals surface area contributed by atoms with E-state index in [0.717, 1.165) is 22.2 Å². The molecular weight excluding hydrogens is 246 g/mol. The van der Waals surface area contributed by atoms with E-state index >= 15 is 0 Å². The summed E-state index contributed by atoms with van der Waals surface area (Å²) in [5, 5.41) is 6.20. The molecule has 0 atom stereocenters. The minimum Gasteiger partial charge on any atom is -0.326 e. The summed E-state index contributed by atoms with van der Waals surface area (Å²) in [6.45, 7) is 0.459. The first-order valence-corrected chi connectivity index (χ1v) is 6.09. The van der Waals surface area contributed by atoms with Gasteiger partial charge in [-0.1, -0.05) is 35.9 Å². The Morgan fingerprint density at radius 3 is 2.83 bits per heavy atom. The second kappa shape index (κ2) is 4.44. The van der Waals surface area contributed by atoms with Crippen molar-refractivity contribution in [3.63, 3.8) is 0 Å². The van der Waals surface area contributed by atoms with Gasteiger partial charge in [-0.15, -0.1) is 0 Å². The van der Waals surface area contributed by atoms with Gasteiger partial charge in [-0.3, -0.25) is 0 Å². The zero-order valence-corrected chi connectivity index (χ0v) is 10.4. The summed E-state index contributed by atoms with van der Waals surface area (Å²) in [7, 11) is 0. The van der Waals surface area contributed by atoms with E-state index in [1.54, 1.807) is 0 Å². The maximum absolute atomic E-state index is 6.06. The first-order valence-electron chi connectivity index (χ1n) is 5.71. The van der Waals surface area contributed by atoms with E-state index < -0.39 is 0 Å². The van der Waals surface area contributed by atoms with Gasteiger partial charge in [-0.2, -0.15) is 5.10 Å². The first kappa shape index (κ1) is 11.3. The minimum atomic E-state index is 0.459. The molecule has 90 valence electrons. The highest BCUT2D eigenvalue weighted by molar-refractivity contribution is 6.30. The molecule has 4 heteroatoms. The van der Waals surface area contributed by atoms with Crippen LogP contribution in [-0.2, 0) is 6.54 Å². The Morgan fingerprint density at radius 1 is 1.17 bits per heavy atom. The van der Waals surface area contributed by atoms with Crippen molar-refractivity contribution in [1.29, 1.82) is 0 Å². The smallest absolute Gasteiger partial charge is 0.0741 e. The summed E-state index contributed by atoms with van der Waals surface area (Å²) in [6, 6.07) is 13.7. The van der Waals surface area contributed by atoms with Gasteiger partial charge in [0.1, 0.15) is 0 Å². The summed E-state index contributed by atoms with van der Waals surface area (Å²) in [4.78, 5) is 0. The lowest BCUT2D eigenvalue weighted by Gasteiger charge is -2.09. The monoisotopic (exact) mass is 257 g/mol. The van der Waals surface area contributed by atoms with Crippen LogP contribution in [0.5, 0.6) is 0 Å². The van der Waals surface area contributed by atoms with E-state index in [9.17, 15) is 0 Å². The van der Waals surface area contributed by atoms with Gasteiger partial charge in [0.05, 0.1) is 17.4 Å². The summed E-state index contributed by atoms with van der Waals surface area (Å²) in [5.41, 5.74) is 8.77. The summed E-state index contributed by atoms with van der Waals surface area (Å²) >= 11 is 6.06. The second-order valence-corrected chi connectivity index (χ2v) is 4.53. The Hall–Kier alpha value is -1.84. The molecule has 0 saturated heterocycles. The molecule has 3 rings (SSSR count). The molecule has 3 nitrogen and oxygen atoms in total. The zero-order valence-electron chi connectivity index (χ0n) is 9.68. The highest BCUT2D eigenvalue weighted by atomic mass is 35.5. The van der Waals surface area contributed by atoms with Crippen molar-refractivity contribution in [2.24, 2.45) is 5.73 Å². The van der Waals surface area contributed by atoms with Crippen LogP contribution in [-0.4, -0.2) is 9.78 Å². The van der Waals surface area contributed by atoms with Crippen LogP contribution in [0.2, 0.25) is 5.02 Å². The number of hydrogen-bond donors (Lipinski definition) is 1. The topological polar surface area (TPSA) is 43.8 Å². The first-order chi connectivity index (χ1) is 8.79. The van der Waals surface area contributed by atoms with Crippen molar-refractivity contribution < 1.29 is 0 Å². The molecule has 0 unspecified atom stereocenters. The third-order valence-corrected chi connectivity index (χ3v) is 3.21. The third kappa shape index (κ3) is 1.78. The molecule has 0 fully saturated rings. The molecule has 0 spiro atoms. The van der Waals surface area contributed by atoms with E-state index in [2.05, 4.69) is 5.10 Å². The van der Waals surface area contributed by atoms with Crippen LogP contribution in [0.25, 0.3) is 16.6 Å². The van der Waals surface area contributed by atoms with Gasteiger partial charge in [-0.25, -0.2) is 4.68 Å². The van der Waals surface area contributed by atoms with Crippen molar-refractivity contribution in [3.8, 4) is 5.69 Å². The number of aromatic nitrogens is 2. The largest absolute Gasteiger partial charge is 0.326 e. The van der Waals surface area contributed by atoms with Gasteiger partial charge in [-0.05, 0) is 23.8 Å². The van der Waals surface area contributed by atoms with Crippen LogP contribution >= 0.6 is 11.6 Å². The number of nitrogens with zero attached hydrogens (tertiary/aromatic N) is 2. The molecule has 1 aromatic heterocycles. The molecule has 0 aliphatic rings. The van der Waals surface area contributed by atoms with Crippen LogP contribution in [0.15, 0.2) is 48.7 Å². The number of para-hydroxylation sites is 1. The molecule has 3 aromatic rings. The fraction of sp³-hybridized carbons (Fsp3) is 0.0714. The summed E-state index contributed by atoms with van der Waals surface area (Å²) in [6.07, 6.45) is 1.84. The Labute approximate surface area is 110 Å². The molecule has 0 saturated carbocycles. The van der Waals surface area contributed by atoms with Gasteiger partial charge in [0.2, 0.25) is 0 Å². The second-order valence-electron chi connectivity index (χ2n) is 4.09. The number of nitrogens with two attached hydrogens (primary N) is 1. The van der Waals surface area contributed by atoms with Crippen LogP contribution in [0.4, 0.5) is 0 Å². The van der Waals surface area contributed by atoms with E-state index in [1.165, 1.54) is 0 Å². The fourth-order valence-electron chi connectivity index (χ4n) is 2.07. The third-order valence-electron chi connectivity index (χ3n) is 2.97. The van der Waals surface area contributed by atoms with E-state index in [1.807, 2.05) is 53.3 Å². The van der Waals surface area contributed by atoms with Crippen LogP contribution < -0.4 is 5.73 Å². The molecule has 2 N–H and O–H groups in total. The van der Waals surface area contributed by atoms with Gasteiger partial charge < -0.3 is 5.73 Å². The van der Waals surface area contributed by atoms with Crippen LogP contribution in [0, 0.1) is 0 Å². The lowest BCUT2D eigenvalue weighted by atomic mass is 10.1. The maximum atomic E-state index is 6.06. The molecule has 2 aromatic carbocycles. The number of benzene rings is 2. The van der Waals surface area contributed by atoms with Gasteiger partial charge in [0.15, 0.2) is 0 Å². The Balaban J connectivity index is 2.29. The molecule has 0 aliphatic carbocycles. The predicted molar refractivity (Wildman–Crippen MR) is 74.0 cm³/mol. The molecule has 1 heterocycles. The Bertz CT molecular complexity index is 703. The zero-order chi connectivity index (χ0) is 12.5. The van der Waals surface area contributed by atoms with Crippen LogP contribution in [0.1, 0.15) is 5.56 Å². The average molecular weight is 258 g/mol. The standard InChI is InChI=1S/C14H12ClN3/c15-12-6-5-10(8-16)14(7-12)18-13-4-2-1-3-11(13)9-17-18/h1-7,9H,8,16H2. The van der Waals surface area contributed by atoms with Crippen molar-refractivity contribution >= 4 is 22.5 Å². The predicted octanol–water partition coefficient (Wildman–Crippen LogP) is 3.14. The molecule has 18 heavy (non-hydrogen) atoms. The molecule has 0 bridgehead atoms. The van der Waals surface area contributed by atoms with Gasteiger partial charge in [0.25, 0.3) is 0 Å². The number of halogens is 1. The molecular formula is C14H12ClN3. The number of hydrogen-bond acceptors (Lipinski definition) is 2. The lowest BCUT2D eigenvalue weighted by Crippen LogP contribution is -2.05. The molecule has 0 aliphatic heterocycles. The SMILES string of the molecule is NCc1ccc(Cl)cc1-n1ncc2ccccc21. The number of fused-ring (bicyclic) bond motifs is 1. The quantitative estimate of drug-likeness (QED) is 0.767. The van der Waals surface area contributed by atoms with Gasteiger partial charge >= 0.3 is 0 Å². The normalized spacial score (nSPS) is 11.0. The minimum absolute atomic E-state index is 0.459. The Morgan fingerprint density at radius 2 is 2.00 bits per heavy atom. The van der Waals surface area contributed by atoms with Crippen molar-refractivity contribution in [3.05, 3.63) is 59.2 Å². The van der Waals surface area contributed by atoms with Crippen molar-refractivity contribution in [2.45, 2.75) is 6.54 Å². The molecule has 0 radical (unpaired) electrons. The number of rotatable bonds is 2. The van der Waals surface area contributed by atoms with E-state index in [4.69, 9.17) is 17.3 Å². The Kier molecular flexibility index (Phi) is 2.78. The van der Waals surface area contributed by atoms with Crippen molar-refractivity contribution in [2.75, 3.05) is 0 Å². The average Bonchev–Trinajstić information content (AvgIpc) is 2.82. The van der Waals surface area contributed by atoms with E-state index in [0.29, 0.717) is 11.6 Å². The highest BCUT2D eigenvalue weighted by Crippen LogP contribution is 2.23. The maximum Gasteiger partial charge on any atom is 0.0741 e. The van der Waals surface area contributed by atoms with Crippen LogP contribution in [0.3, 0.4) is 0 Å². The van der Waals surface area contributed by atoms with E-state index in [-0.39, 0.29) is 0 Å². The highest BCUT2D eigenvalue weighted by Gasteiger charge is 2.08. The summed E-state index contributed by atoms with van der Waals surface area (Å²) < 4.78 is 1.88. The fourth-order valence-corrected chi connectivity index (χ4v) is 2.24.